The number of amides is 1. The van der Waals surface area contributed by atoms with Crippen LogP contribution < -0.4 is 5.73 Å². The quantitative estimate of drug-likeness (QED) is 0.0177. The highest BCUT2D eigenvalue weighted by atomic mass is 17.2. The molecule has 71 heavy (non-hydrogen) atoms. The number of carbonyl (C=O) groups excluding carboxylic acids is 5. The lowest BCUT2D eigenvalue weighted by molar-refractivity contribution is -0.282. The van der Waals surface area contributed by atoms with E-state index in [0.717, 1.165) is 12.8 Å². The Bertz CT molecular complexity index is 2250. The first-order valence-electron chi connectivity index (χ1n) is 21.8. The van der Waals surface area contributed by atoms with E-state index in [1.54, 1.807) is 41.7 Å². The van der Waals surface area contributed by atoms with Gasteiger partial charge in [0.1, 0.15) is 31.8 Å². The van der Waals surface area contributed by atoms with Crippen LogP contribution >= 0.6 is 0 Å². The summed E-state index contributed by atoms with van der Waals surface area (Å²) in [6.45, 7) is 3.82. The molecule has 396 valence electrons. The van der Waals surface area contributed by atoms with E-state index in [1.807, 2.05) is 4.57 Å². The van der Waals surface area contributed by atoms with Crippen LogP contribution in [0.2, 0.25) is 0 Å². The number of nitrogens with zero attached hydrogens (tertiary/aromatic N) is 2. The summed E-state index contributed by atoms with van der Waals surface area (Å²) in [6, 6.07) is 0. The summed E-state index contributed by atoms with van der Waals surface area (Å²) in [4.78, 5) is 78.5. The molecule has 25 nitrogen and oxygen atoms in total. The summed E-state index contributed by atoms with van der Waals surface area (Å²) in [5, 5.41) is 45.8. The van der Waals surface area contributed by atoms with Crippen molar-refractivity contribution in [3.63, 3.8) is 0 Å². The van der Waals surface area contributed by atoms with Gasteiger partial charge in [-0.2, -0.15) is 0 Å². The first-order chi connectivity index (χ1) is 34.1. The Kier molecular flexibility index (Phi) is 28.0. The zero-order chi connectivity index (χ0) is 53.0. The van der Waals surface area contributed by atoms with Gasteiger partial charge in [0, 0.05) is 84.3 Å². The van der Waals surface area contributed by atoms with Crippen molar-refractivity contribution in [2.24, 2.45) is 11.7 Å². The highest BCUT2D eigenvalue weighted by molar-refractivity contribution is 5.94. The van der Waals surface area contributed by atoms with Crippen molar-refractivity contribution in [1.29, 1.82) is 0 Å². The molecule has 2 aliphatic rings. The number of aromatic amines is 2. The average molecular weight is 1010 g/mol. The molecule has 2 saturated heterocycles. The van der Waals surface area contributed by atoms with Crippen LogP contribution in [-0.4, -0.2) is 149 Å². The molecule has 9 N–H and O–H groups in total. The first kappa shape index (κ1) is 60.9. The lowest BCUT2D eigenvalue weighted by Gasteiger charge is -2.14. The third-order valence-electron chi connectivity index (χ3n) is 10.6. The van der Waals surface area contributed by atoms with Crippen molar-refractivity contribution in [1.82, 2.24) is 19.1 Å². The van der Waals surface area contributed by atoms with Crippen LogP contribution in [-0.2, 0) is 79.2 Å². The fourth-order valence-electron chi connectivity index (χ4n) is 6.84. The zero-order valence-electron chi connectivity index (χ0n) is 40.9. The average Bonchev–Trinajstić information content (AvgIpc) is 4.26. The number of H-pyrrole nitrogens is 2. The number of ether oxygens (including phenoxy) is 6. The Labute approximate surface area is 409 Å². The second-order valence-corrected chi connectivity index (χ2v) is 15.1. The minimum absolute atomic E-state index is 0.0661. The molecule has 0 radical (unpaired) electrons. The molecule has 6 atom stereocenters. The fourth-order valence-corrected chi connectivity index (χ4v) is 6.84. The third kappa shape index (κ3) is 18.8. The number of nitrogens with two attached hydrogens (primary N) is 1. The minimum Gasteiger partial charge on any atom is -0.466 e. The molecule has 6 unspecified atom stereocenters. The van der Waals surface area contributed by atoms with E-state index in [4.69, 9.17) is 35.3 Å². The number of aliphatic hydroxyl groups excluding tert-OH is 5. The minimum atomic E-state index is -0.753. The number of hydrogen-bond acceptors (Lipinski definition) is 20. The molecule has 0 aliphatic carbocycles. The van der Waals surface area contributed by atoms with Crippen molar-refractivity contribution in [3.05, 3.63) is 106 Å². The van der Waals surface area contributed by atoms with Gasteiger partial charge in [-0.25, -0.2) is 38.7 Å². The van der Waals surface area contributed by atoms with Gasteiger partial charge in [-0.1, -0.05) is 13.8 Å². The maximum Gasteiger partial charge on any atom is 0.339 e. The molecule has 6 heterocycles. The highest BCUT2D eigenvalue weighted by Gasteiger charge is 2.35. The lowest BCUT2D eigenvalue weighted by Crippen LogP contribution is -2.24. The number of aromatic nitrogens is 4. The van der Waals surface area contributed by atoms with Gasteiger partial charge in [0.25, 0.3) is 5.91 Å². The first-order valence-corrected chi connectivity index (χ1v) is 21.8. The third-order valence-corrected chi connectivity index (χ3v) is 10.6. The van der Waals surface area contributed by atoms with E-state index in [9.17, 15) is 34.2 Å². The predicted molar refractivity (Wildman–Crippen MR) is 246 cm³/mol. The molecular formula is C46H67N5O20. The topological polar surface area (TPSA) is 346 Å². The largest absolute Gasteiger partial charge is 0.466 e. The standard InChI is InChI=1S/C14H21NO4.C11H16N2O5.C8H11NO4.C7H9NO3.C6H10O4/c1-4-12-9(2)5-13(19-12)15-6-10(8-16)11(7-15)14(17)18-3;12-11(17)7-3-13(2-6(7)4-14)10-1-8(16)9(5-15)18-10;1-11-8(10)7-4-9-3-6(7)5-13-12-2;1-11-7(10)6-3-8-2-5(6)4-9;1-8-6(7)4-3-5-10-9-2/h6-7,9,12-13,16H,4-5,8H2,1-3H3;2-3,8-10,14-16H,1,4-5H2,(H2,12,17);3-4,9H,5H2,1-2H3;2-3,8-9H,4H2,1H3;3-4H,5H2,1-2H3/b;;;;4-3+. The van der Waals surface area contributed by atoms with Crippen LogP contribution in [0.5, 0.6) is 0 Å². The number of esters is 4. The number of carbonyl (C=O) groups is 5. The van der Waals surface area contributed by atoms with Crippen LogP contribution in [0.1, 0.15) is 109 Å². The summed E-state index contributed by atoms with van der Waals surface area (Å²) in [5.41, 5.74) is 8.90. The molecule has 0 bridgehead atoms. The molecule has 4 aromatic rings. The fraction of sp³-hybridized carbons (Fsp3) is 0.500. The van der Waals surface area contributed by atoms with Crippen molar-refractivity contribution in [2.75, 3.05) is 55.9 Å². The molecule has 1 amide bonds. The van der Waals surface area contributed by atoms with Gasteiger partial charge in [0.2, 0.25) is 0 Å². The van der Waals surface area contributed by atoms with E-state index in [2.05, 4.69) is 57.6 Å². The number of methoxy groups -OCH3 is 4. The van der Waals surface area contributed by atoms with Crippen molar-refractivity contribution in [2.45, 2.75) is 90.3 Å². The molecule has 2 fully saturated rings. The summed E-state index contributed by atoms with van der Waals surface area (Å²) < 4.78 is 32.9. The SMILES string of the molecule is CCC1OC(n2cc(CO)c(C(=O)OC)c2)CC1C.COC(=O)c1c[nH]cc1CO.COOC/C=C/C(=O)OC.COOCc1c[nH]cc1C(=O)OC.NC(=O)c1cn(C2CC(O)C(CO)O2)cc1CO. The van der Waals surface area contributed by atoms with Crippen LogP contribution in [0.3, 0.4) is 0 Å². The predicted octanol–water partition coefficient (Wildman–Crippen LogP) is 2.29. The second-order valence-electron chi connectivity index (χ2n) is 15.1. The number of aliphatic hydroxyl groups is 5. The normalized spacial score (nSPS) is 18.9. The molecule has 2 aliphatic heterocycles. The Morgan fingerprint density at radius 2 is 1.15 bits per heavy atom. The molecule has 0 aromatic carbocycles. The molecular weight excluding hydrogens is 943 g/mol. The number of rotatable bonds is 18. The van der Waals surface area contributed by atoms with E-state index in [-0.39, 0.29) is 57.5 Å². The van der Waals surface area contributed by atoms with E-state index >= 15 is 0 Å². The summed E-state index contributed by atoms with van der Waals surface area (Å²) >= 11 is 0. The van der Waals surface area contributed by atoms with E-state index < -0.39 is 48.2 Å². The molecule has 0 spiro atoms. The van der Waals surface area contributed by atoms with Crippen molar-refractivity contribution in [3.8, 4) is 0 Å². The Morgan fingerprint density at radius 1 is 0.662 bits per heavy atom. The molecule has 0 saturated carbocycles. The van der Waals surface area contributed by atoms with Gasteiger partial charge in [-0.05, 0) is 24.8 Å². The molecule has 25 heteroatoms. The summed E-state index contributed by atoms with van der Waals surface area (Å²) in [6.07, 6.45) is 16.1. The van der Waals surface area contributed by atoms with Crippen LogP contribution in [0, 0.1) is 5.92 Å². The van der Waals surface area contributed by atoms with Gasteiger partial charge in [0.05, 0.1) is 104 Å². The number of hydrogen-bond donors (Lipinski definition) is 8. The Hall–Kier alpha value is -6.23. The van der Waals surface area contributed by atoms with Gasteiger partial charge in [-0.15, -0.1) is 0 Å². The van der Waals surface area contributed by atoms with Crippen LogP contribution in [0.25, 0.3) is 0 Å². The van der Waals surface area contributed by atoms with Crippen LogP contribution in [0.4, 0.5) is 0 Å². The summed E-state index contributed by atoms with van der Waals surface area (Å²) in [5.74, 6) is -1.79. The van der Waals surface area contributed by atoms with Gasteiger partial charge in [0.15, 0.2) is 0 Å². The summed E-state index contributed by atoms with van der Waals surface area (Å²) in [7, 11) is 8.08. The van der Waals surface area contributed by atoms with E-state index in [0.29, 0.717) is 51.3 Å². The van der Waals surface area contributed by atoms with Gasteiger partial charge in [-0.3, -0.25) is 4.79 Å². The maximum atomic E-state index is 11.6. The lowest BCUT2D eigenvalue weighted by atomic mass is 10.0. The van der Waals surface area contributed by atoms with E-state index in [1.165, 1.54) is 67.2 Å². The van der Waals surface area contributed by atoms with Gasteiger partial charge < -0.3 is 78.8 Å². The maximum absolute atomic E-state index is 11.6. The zero-order valence-corrected chi connectivity index (χ0v) is 40.9. The Morgan fingerprint density at radius 3 is 1.61 bits per heavy atom. The number of primary amides is 1. The molecule has 6 rings (SSSR count). The Balaban J connectivity index is 0.000000312. The molecule has 4 aromatic heterocycles. The van der Waals surface area contributed by atoms with Crippen molar-refractivity contribution >= 4 is 29.8 Å². The monoisotopic (exact) mass is 1010 g/mol. The number of nitrogens with one attached hydrogen (secondary N) is 2. The van der Waals surface area contributed by atoms with Crippen molar-refractivity contribution < 1.29 is 97.5 Å². The smallest absolute Gasteiger partial charge is 0.339 e. The highest BCUT2D eigenvalue weighted by Crippen LogP contribution is 2.35. The van der Waals surface area contributed by atoms with Crippen LogP contribution in [0.15, 0.2) is 61.7 Å². The second kappa shape index (κ2) is 32.6. The van der Waals surface area contributed by atoms with Gasteiger partial charge >= 0.3 is 23.9 Å².